The summed E-state index contributed by atoms with van der Waals surface area (Å²) < 4.78 is 27.3. The van der Waals surface area contributed by atoms with E-state index in [1.165, 1.54) is 0 Å². The standard InChI is InChI=1S/C20H12O7/c21-18-10-2-4-13-19(27-8-25-13)16(10)15(17-11(18)6-23-20(17)22)9-1-3-12-14(5-9)26-7-24-12/h1-5,21H,6-8H2. The van der Waals surface area contributed by atoms with Crippen LogP contribution in [0.25, 0.3) is 21.9 Å². The zero-order valence-electron chi connectivity index (χ0n) is 13.9. The highest BCUT2D eigenvalue weighted by atomic mass is 16.7. The van der Waals surface area contributed by atoms with E-state index in [2.05, 4.69) is 0 Å². The van der Waals surface area contributed by atoms with Crippen LogP contribution in [0.5, 0.6) is 28.7 Å². The van der Waals surface area contributed by atoms with Crippen molar-refractivity contribution in [2.75, 3.05) is 13.6 Å². The summed E-state index contributed by atoms with van der Waals surface area (Å²) in [7, 11) is 0. The van der Waals surface area contributed by atoms with Gasteiger partial charge in [0.25, 0.3) is 0 Å². The Kier molecular flexibility index (Phi) is 2.68. The number of carbonyl (C=O) groups is 1. The third kappa shape index (κ3) is 1.83. The first kappa shape index (κ1) is 14.5. The molecule has 0 spiro atoms. The number of cyclic esters (lactones) is 1. The molecular weight excluding hydrogens is 352 g/mol. The number of carbonyl (C=O) groups excluding carboxylic acids is 1. The highest BCUT2D eigenvalue weighted by Crippen LogP contribution is 2.51. The SMILES string of the molecule is O=C1OCc2c1c(-c1ccc3c(c1)OCO3)c1c3c(ccc1c2O)OCO3. The Bertz CT molecular complexity index is 1170. The van der Waals surface area contributed by atoms with E-state index in [9.17, 15) is 9.90 Å². The number of phenolic OH excluding ortho intramolecular Hbond substituents is 1. The molecule has 0 aliphatic carbocycles. The maximum atomic E-state index is 12.5. The van der Waals surface area contributed by atoms with E-state index in [0.29, 0.717) is 50.5 Å². The summed E-state index contributed by atoms with van der Waals surface area (Å²) in [4.78, 5) is 12.5. The molecule has 7 nitrogen and oxygen atoms in total. The van der Waals surface area contributed by atoms with Crippen LogP contribution in [-0.2, 0) is 11.3 Å². The predicted molar refractivity (Wildman–Crippen MR) is 92.4 cm³/mol. The topological polar surface area (TPSA) is 83.5 Å². The van der Waals surface area contributed by atoms with E-state index in [1.807, 2.05) is 12.1 Å². The summed E-state index contributed by atoms with van der Waals surface area (Å²) >= 11 is 0. The van der Waals surface area contributed by atoms with Crippen molar-refractivity contribution in [2.24, 2.45) is 0 Å². The van der Waals surface area contributed by atoms with E-state index in [1.54, 1.807) is 18.2 Å². The lowest BCUT2D eigenvalue weighted by Gasteiger charge is -2.15. The normalized spacial score (nSPS) is 15.9. The lowest BCUT2D eigenvalue weighted by atomic mass is 9.89. The Hall–Kier alpha value is -3.61. The molecule has 0 saturated heterocycles. The van der Waals surface area contributed by atoms with Crippen LogP contribution in [0, 0.1) is 0 Å². The molecule has 0 aromatic heterocycles. The van der Waals surface area contributed by atoms with Gasteiger partial charge in [-0.1, -0.05) is 6.07 Å². The minimum atomic E-state index is -0.480. The Morgan fingerprint density at radius 1 is 0.815 bits per heavy atom. The van der Waals surface area contributed by atoms with Crippen molar-refractivity contribution in [3.63, 3.8) is 0 Å². The molecule has 0 radical (unpaired) electrons. The minimum absolute atomic E-state index is 0.0219. The highest BCUT2D eigenvalue weighted by Gasteiger charge is 2.34. The fourth-order valence-corrected chi connectivity index (χ4v) is 3.89. The number of benzene rings is 3. The van der Waals surface area contributed by atoms with Crippen molar-refractivity contribution in [3.05, 3.63) is 41.5 Å². The number of hydrogen-bond acceptors (Lipinski definition) is 7. The van der Waals surface area contributed by atoms with Gasteiger partial charge >= 0.3 is 5.97 Å². The number of hydrogen-bond donors (Lipinski definition) is 1. The molecule has 6 rings (SSSR count). The van der Waals surface area contributed by atoms with Gasteiger partial charge in [-0.3, -0.25) is 0 Å². The average molecular weight is 364 g/mol. The van der Waals surface area contributed by atoms with Crippen LogP contribution in [0.15, 0.2) is 30.3 Å². The smallest absolute Gasteiger partial charge is 0.339 e. The zero-order valence-corrected chi connectivity index (χ0v) is 13.9. The van der Waals surface area contributed by atoms with Crippen LogP contribution in [0.4, 0.5) is 0 Å². The second-order valence-corrected chi connectivity index (χ2v) is 6.44. The second kappa shape index (κ2) is 4.97. The quantitative estimate of drug-likeness (QED) is 0.663. The van der Waals surface area contributed by atoms with Crippen LogP contribution in [0.3, 0.4) is 0 Å². The van der Waals surface area contributed by atoms with Gasteiger partial charge in [-0.25, -0.2) is 4.79 Å². The fourth-order valence-electron chi connectivity index (χ4n) is 3.89. The van der Waals surface area contributed by atoms with Gasteiger partial charge in [0.15, 0.2) is 23.0 Å². The van der Waals surface area contributed by atoms with E-state index in [0.717, 1.165) is 5.56 Å². The lowest BCUT2D eigenvalue weighted by Crippen LogP contribution is -2.00. The van der Waals surface area contributed by atoms with Crippen LogP contribution in [0.1, 0.15) is 15.9 Å². The van der Waals surface area contributed by atoms with Crippen LogP contribution in [-0.4, -0.2) is 24.7 Å². The Morgan fingerprint density at radius 3 is 2.52 bits per heavy atom. The van der Waals surface area contributed by atoms with Gasteiger partial charge in [-0.15, -0.1) is 0 Å². The first-order valence-electron chi connectivity index (χ1n) is 8.39. The van der Waals surface area contributed by atoms with Crippen LogP contribution >= 0.6 is 0 Å². The maximum absolute atomic E-state index is 12.5. The number of rotatable bonds is 1. The van der Waals surface area contributed by atoms with Gasteiger partial charge in [0.1, 0.15) is 12.4 Å². The molecule has 0 saturated carbocycles. The molecule has 0 bridgehead atoms. The summed E-state index contributed by atoms with van der Waals surface area (Å²) in [6, 6.07) is 8.97. The number of phenols is 1. The first-order chi connectivity index (χ1) is 13.2. The minimum Gasteiger partial charge on any atom is -0.507 e. The zero-order chi connectivity index (χ0) is 18.1. The molecule has 27 heavy (non-hydrogen) atoms. The molecule has 3 heterocycles. The lowest BCUT2D eigenvalue weighted by molar-refractivity contribution is 0.0535. The van der Waals surface area contributed by atoms with Crippen LogP contribution < -0.4 is 18.9 Å². The summed E-state index contributed by atoms with van der Waals surface area (Å²) in [6.45, 7) is 0.265. The van der Waals surface area contributed by atoms with E-state index in [-0.39, 0.29) is 25.9 Å². The molecule has 0 unspecified atom stereocenters. The molecule has 3 aliphatic rings. The van der Waals surface area contributed by atoms with Crippen molar-refractivity contribution >= 4 is 16.7 Å². The summed E-state index contributed by atoms with van der Waals surface area (Å²) in [6.07, 6.45) is 0. The van der Waals surface area contributed by atoms with Gasteiger partial charge in [0.05, 0.1) is 5.56 Å². The molecule has 7 heteroatoms. The molecule has 0 atom stereocenters. The van der Waals surface area contributed by atoms with Crippen molar-refractivity contribution < 1.29 is 33.6 Å². The summed E-state index contributed by atoms with van der Waals surface area (Å²) in [5.41, 5.74) is 2.17. The van der Waals surface area contributed by atoms with Gasteiger partial charge in [-0.05, 0) is 29.8 Å². The van der Waals surface area contributed by atoms with Crippen LogP contribution in [0.2, 0.25) is 0 Å². The summed E-state index contributed by atoms with van der Waals surface area (Å²) in [5.74, 6) is 1.85. The number of ether oxygens (including phenoxy) is 5. The Morgan fingerprint density at radius 2 is 1.59 bits per heavy atom. The largest absolute Gasteiger partial charge is 0.507 e. The summed E-state index contributed by atoms with van der Waals surface area (Å²) in [5, 5.41) is 12.0. The monoisotopic (exact) mass is 364 g/mol. The van der Waals surface area contributed by atoms with E-state index < -0.39 is 5.97 Å². The molecule has 3 aromatic carbocycles. The highest BCUT2D eigenvalue weighted by molar-refractivity contribution is 6.15. The number of aromatic hydroxyl groups is 1. The van der Waals surface area contributed by atoms with E-state index >= 15 is 0 Å². The van der Waals surface area contributed by atoms with Crippen molar-refractivity contribution in [3.8, 4) is 39.9 Å². The van der Waals surface area contributed by atoms with Gasteiger partial charge in [0, 0.05) is 21.9 Å². The third-order valence-electron chi connectivity index (χ3n) is 5.09. The maximum Gasteiger partial charge on any atom is 0.339 e. The van der Waals surface area contributed by atoms with Gasteiger partial charge < -0.3 is 28.8 Å². The Labute approximate surface area is 152 Å². The molecule has 3 aromatic rings. The van der Waals surface area contributed by atoms with E-state index in [4.69, 9.17) is 23.7 Å². The predicted octanol–water partition coefficient (Wildman–Crippen LogP) is 3.34. The Balaban J connectivity index is 1.77. The third-order valence-corrected chi connectivity index (χ3v) is 5.09. The fraction of sp³-hybridized carbons (Fsp3) is 0.150. The van der Waals surface area contributed by atoms with Gasteiger partial charge in [-0.2, -0.15) is 0 Å². The molecular formula is C20H12O7. The number of fused-ring (bicyclic) bond motifs is 5. The van der Waals surface area contributed by atoms with Gasteiger partial charge in [0.2, 0.25) is 13.6 Å². The number of esters is 1. The molecule has 0 fully saturated rings. The van der Waals surface area contributed by atoms with Crippen molar-refractivity contribution in [1.29, 1.82) is 0 Å². The molecule has 1 N–H and O–H groups in total. The second-order valence-electron chi connectivity index (χ2n) is 6.44. The molecule has 0 amide bonds. The van der Waals surface area contributed by atoms with Crippen molar-refractivity contribution in [2.45, 2.75) is 6.61 Å². The first-order valence-corrected chi connectivity index (χ1v) is 8.39. The molecule has 134 valence electrons. The van der Waals surface area contributed by atoms with Crippen molar-refractivity contribution in [1.82, 2.24) is 0 Å². The average Bonchev–Trinajstić information content (AvgIpc) is 3.41. The molecule has 3 aliphatic heterocycles.